The summed E-state index contributed by atoms with van der Waals surface area (Å²) in [5.41, 5.74) is 6.36. The van der Waals surface area contributed by atoms with Crippen LogP contribution < -0.4 is 14.9 Å². The lowest BCUT2D eigenvalue weighted by atomic mass is 9.83. The van der Waals surface area contributed by atoms with Crippen LogP contribution in [0.1, 0.15) is 34.7 Å². The number of halogens is 1. The Bertz CT molecular complexity index is 1630. The maximum absolute atomic E-state index is 13.7. The van der Waals surface area contributed by atoms with Crippen LogP contribution in [0.5, 0.6) is 0 Å². The standard InChI is InChI=1S/C29H21FN2OS/c30-22-16-13-21(14-17-22)27-24-18-15-20-10-4-5-11-23(20)26(24)31-29-32(27)28(33)25(34-29)12-6-9-19-7-2-1-3-8-19/h1-14,16-17,27H,15,18H2/b9-6+,25-12-/t27-/m1/s1. The molecule has 1 aliphatic heterocycles. The van der Waals surface area contributed by atoms with Crippen LogP contribution in [-0.4, -0.2) is 4.57 Å². The van der Waals surface area contributed by atoms with E-state index in [9.17, 15) is 9.18 Å². The fourth-order valence-corrected chi connectivity index (χ4v) is 5.74. The summed E-state index contributed by atoms with van der Waals surface area (Å²) >= 11 is 1.40. The fourth-order valence-electron chi connectivity index (χ4n) is 4.79. The summed E-state index contributed by atoms with van der Waals surface area (Å²) in [6.07, 6.45) is 7.46. The number of benzene rings is 3. The first kappa shape index (κ1) is 20.8. The molecule has 0 bridgehead atoms. The minimum atomic E-state index is -0.291. The van der Waals surface area contributed by atoms with Gasteiger partial charge >= 0.3 is 0 Å². The third-order valence-corrected chi connectivity index (χ3v) is 7.40. The number of fused-ring (bicyclic) bond motifs is 3. The second-order valence-electron chi connectivity index (χ2n) is 8.46. The molecule has 0 fully saturated rings. The Morgan fingerprint density at radius 1 is 0.941 bits per heavy atom. The van der Waals surface area contributed by atoms with Gasteiger partial charge in [-0.3, -0.25) is 9.36 Å². The minimum Gasteiger partial charge on any atom is -0.272 e. The van der Waals surface area contributed by atoms with Gasteiger partial charge in [-0.15, -0.1) is 0 Å². The Kier molecular flexibility index (Phi) is 5.19. The Morgan fingerprint density at radius 3 is 2.53 bits per heavy atom. The summed E-state index contributed by atoms with van der Waals surface area (Å²) in [4.78, 5) is 19.2. The first-order valence-electron chi connectivity index (χ1n) is 11.3. The summed E-state index contributed by atoms with van der Waals surface area (Å²) in [6, 6.07) is 24.5. The van der Waals surface area contributed by atoms with Crippen LogP contribution in [0.3, 0.4) is 0 Å². The van der Waals surface area contributed by atoms with Crippen LogP contribution in [0.15, 0.2) is 100 Å². The summed E-state index contributed by atoms with van der Waals surface area (Å²) in [6.45, 7) is 0. The van der Waals surface area contributed by atoms with Gasteiger partial charge in [-0.05, 0) is 53.3 Å². The van der Waals surface area contributed by atoms with Crippen LogP contribution in [0, 0.1) is 5.82 Å². The quantitative estimate of drug-likeness (QED) is 0.414. The molecular formula is C29H21FN2OS. The highest BCUT2D eigenvalue weighted by molar-refractivity contribution is 7.07. The molecule has 0 radical (unpaired) electrons. The van der Waals surface area contributed by atoms with E-state index in [-0.39, 0.29) is 17.4 Å². The van der Waals surface area contributed by atoms with Gasteiger partial charge in [-0.1, -0.05) is 90.2 Å². The maximum atomic E-state index is 13.7. The van der Waals surface area contributed by atoms with E-state index in [0.29, 0.717) is 9.33 Å². The van der Waals surface area contributed by atoms with Crippen molar-refractivity contribution in [2.45, 2.75) is 18.9 Å². The Morgan fingerprint density at radius 2 is 1.71 bits per heavy atom. The molecule has 3 aromatic carbocycles. The molecule has 4 aromatic rings. The molecule has 3 nitrogen and oxygen atoms in total. The van der Waals surface area contributed by atoms with Gasteiger partial charge in [0.15, 0.2) is 4.80 Å². The van der Waals surface area contributed by atoms with E-state index in [1.54, 1.807) is 16.7 Å². The number of aromatic nitrogens is 1. The molecule has 2 aliphatic rings. The summed E-state index contributed by atoms with van der Waals surface area (Å²) < 4.78 is 16.1. The minimum absolute atomic E-state index is 0.0683. The molecule has 166 valence electrons. The second kappa shape index (κ2) is 8.50. The monoisotopic (exact) mass is 464 g/mol. The van der Waals surface area contributed by atoms with Crippen molar-refractivity contribution in [3.8, 4) is 0 Å². The number of rotatable bonds is 3. The van der Waals surface area contributed by atoms with Crippen LogP contribution in [-0.2, 0) is 6.42 Å². The SMILES string of the molecule is O=c1/c(=C/C=C/c2ccccc2)sc2n1[C@H](c1ccc(F)cc1)C1=C(N=2)c2ccccc2CC1. The molecule has 1 aliphatic carbocycles. The molecule has 2 heterocycles. The van der Waals surface area contributed by atoms with Gasteiger partial charge < -0.3 is 0 Å². The highest BCUT2D eigenvalue weighted by atomic mass is 32.1. The molecular weight excluding hydrogens is 443 g/mol. The van der Waals surface area contributed by atoms with Gasteiger partial charge in [-0.2, -0.15) is 0 Å². The van der Waals surface area contributed by atoms with Gasteiger partial charge in [0.05, 0.1) is 16.3 Å². The summed E-state index contributed by atoms with van der Waals surface area (Å²) in [5.74, 6) is -0.287. The smallest absolute Gasteiger partial charge is 0.271 e. The molecule has 6 rings (SSSR count). The van der Waals surface area contributed by atoms with E-state index in [1.807, 2.05) is 54.6 Å². The summed E-state index contributed by atoms with van der Waals surface area (Å²) in [5, 5.41) is 0. The van der Waals surface area contributed by atoms with Gasteiger partial charge in [0.1, 0.15) is 5.82 Å². The van der Waals surface area contributed by atoms with Crippen LogP contribution in [0.2, 0.25) is 0 Å². The fraction of sp³-hybridized carbons (Fsp3) is 0.103. The van der Waals surface area contributed by atoms with E-state index >= 15 is 0 Å². The van der Waals surface area contributed by atoms with Crippen molar-refractivity contribution >= 4 is 29.2 Å². The molecule has 0 unspecified atom stereocenters. The van der Waals surface area contributed by atoms with E-state index in [4.69, 9.17) is 4.99 Å². The number of allylic oxidation sites excluding steroid dienone is 2. The number of hydrogen-bond acceptors (Lipinski definition) is 3. The number of thiazole rings is 1. The van der Waals surface area contributed by atoms with Crippen LogP contribution in [0.4, 0.5) is 4.39 Å². The highest BCUT2D eigenvalue weighted by Crippen LogP contribution is 2.41. The number of hydrogen-bond donors (Lipinski definition) is 0. The average Bonchev–Trinajstić information content (AvgIpc) is 3.19. The summed E-state index contributed by atoms with van der Waals surface area (Å²) in [7, 11) is 0. The van der Waals surface area contributed by atoms with Gasteiger partial charge in [0.25, 0.3) is 5.56 Å². The third kappa shape index (κ3) is 3.58. The zero-order chi connectivity index (χ0) is 23.1. The molecule has 0 N–H and O–H groups in total. The Hall–Kier alpha value is -3.83. The van der Waals surface area contributed by atoms with Crippen molar-refractivity contribution in [1.82, 2.24) is 4.57 Å². The predicted molar refractivity (Wildman–Crippen MR) is 136 cm³/mol. The molecule has 1 atom stereocenters. The predicted octanol–water partition coefficient (Wildman–Crippen LogP) is 5.12. The van der Waals surface area contributed by atoms with Crippen molar-refractivity contribution in [2.24, 2.45) is 4.99 Å². The van der Waals surface area contributed by atoms with E-state index in [1.165, 1.54) is 29.0 Å². The first-order chi connectivity index (χ1) is 16.7. The van der Waals surface area contributed by atoms with E-state index < -0.39 is 0 Å². The molecule has 34 heavy (non-hydrogen) atoms. The molecule has 0 saturated heterocycles. The van der Waals surface area contributed by atoms with Crippen LogP contribution in [0.25, 0.3) is 17.8 Å². The Balaban J connectivity index is 1.54. The lowest BCUT2D eigenvalue weighted by Gasteiger charge is -2.30. The van der Waals surface area contributed by atoms with E-state index in [2.05, 4.69) is 18.2 Å². The molecule has 0 saturated carbocycles. The Labute approximate surface area is 200 Å². The first-order valence-corrected chi connectivity index (χ1v) is 12.1. The number of nitrogens with zero attached hydrogens (tertiary/aromatic N) is 2. The lowest BCUT2D eigenvalue weighted by molar-refractivity contribution is 0.581. The molecule has 0 spiro atoms. The van der Waals surface area contributed by atoms with Crippen molar-refractivity contribution in [1.29, 1.82) is 0 Å². The molecule has 0 amide bonds. The van der Waals surface area contributed by atoms with Gasteiger partial charge in [0, 0.05) is 5.56 Å². The average molecular weight is 465 g/mol. The zero-order valence-electron chi connectivity index (χ0n) is 18.3. The number of aryl methyl sites for hydroxylation is 1. The zero-order valence-corrected chi connectivity index (χ0v) is 19.1. The van der Waals surface area contributed by atoms with Gasteiger partial charge in [0.2, 0.25) is 0 Å². The molecule has 5 heteroatoms. The lowest BCUT2D eigenvalue weighted by Crippen LogP contribution is -2.38. The molecule has 1 aromatic heterocycles. The van der Waals surface area contributed by atoms with Crippen LogP contribution >= 0.6 is 11.3 Å². The third-order valence-electron chi connectivity index (χ3n) is 6.39. The largest absolute Gasteiger partial charge is 0.272 e. The topological polar surface area (TPSA) is 34.4 Å². The van der Waals surface area contributed by atoms with Crippen molar-refractivity contribution in [3.05, 3.63) is 138 Å². The van der Waals surface area contributed by atoms with E-state index in [0.717, 1.165) is 40.8 Å². The van der Waals surface area contributed by atoms with Crippen molar-refractivity contribution in [3.63, 3.8) is 0 Å². The normalized spacial score (nSPS) is 17.3. The second-order valence-corrected chi connectivity index (χ2v) is 9.47. The highest BCUT2D eigenvalue weighted by Gasteiger charge is 2.32. The van der Waals surface area contributed by atoms with Gasteiger partial charge in [-0.25, -0.2) is 9.38 Å². The maximum Gasteiger partial charge on any atom is 0.271 e. The van der Waals surface area contributed by atoms with Crippen molar-refractivity contribution < 1.29 is 4.39 Å². The van der Waals surface area contributed by atoms with Crippen molar-refractivity contribution in [2.75, 3.05) is 0 Å².